The van der Waals surface area contributed by atoms with Gasteiger partial charge in [-0.15, -0.1) is 0 Å². The summed E-state index contributed by atoms with van der Waals surface area (Å²) in [7, 11) is -3.93. The highest BCUT2D eigenvalue weighted by atomic mass is 35.5. The van der Waals surface area contributed by atoms with Crippen LogP contribution >= 0.6 is 11.6 Å². The van der Waals surface area contributed by atoms with Gasteiger partial charge in [-0.1, -0.05) is 36.7 Å². The Morgan fingerprint density at radius 2 is 1.76 bits per heavy atom. The minimum atomic E-state index is -4.63. The molecule has 0 aliphatic carbocycles. The van der Waals surface area contributed by atoms with Crippen molar-refractivity contribution in [3.63, 3.8) is 0 Å². The molecule has 2 aromatic rings. The van der Waals surface area contributed by atoms with E-state index in [1.807, 2.05) is 6.92 Å². The first-order valence-corrected chi connectivity index (χ1v) is 13.9. The molecule has 0 aromatic heterocycles. The number of hydrogen-bond donors (Lipinski definition) is 1. The maximum Gasteiger partial charge on any atom is 0.416 e. The molecule has 0 unspecified atom stereocenters. The van der Waals surface area contributed by atoms with Gasteiger partial charge < -0.3 is 10.2 Å². The smallest absolute Gasteiger partial charge is 0.354 e. The number of anilines is 1. The topological polar surface area (TPSA) is 86.8 Å². The number of sulfonamides is 1. The normalized spacial score (nSPS) is 12.6. The van der Waals surface area contributed by atoms with Gasteiger partial charge in [0, 0.05) is 31.1 Å². The second-order valence-electron chi connectivity index (χ2n) is 8.60. The van der Waals surface area contributed by atoms with Crippen LogP contribution in [-0.4, -0.2) is 50.5 Å². The van der Waals surface area contributed by atoms with Crippen LogP contribution in [0.5, 0.6) is 0 Å². The lowest BCUT2D eigenvalue weighted by molar-refractivity contribution is -0.140. The van der Waals surface area contributed by atoms with E-state index < -0.39 is 33.7 Å². The third-order valence-electron chi connectivity index (χ3n) is 5.60. The second kappa shape index (κ2) is 13.1. The summed E-state index contributed by atoms with van der Waals surface area (Å²) in [5.74, 6) is -0.725. The molecule has 2 amide bonds. The maximum atomic E-state index is 13.2. The van der Waals surface area contributed by atoms with Crippen LogP contribution in [0.1, 0.15) is 44.2 Å². The largest absolute Gasteiger partial charge is 0.416 e. The number of carbonyl (C=O) groups is 2. The highest BCUT2D eigenvalue weighted by molar-refractivity contribution is 7.92. The zero-order valence-electron chi connectivity index (χ0n) is 20.9. The fraction of sp³-hybridized carbons (Fsp3) is 0.440. The first-order chi connectivity index (χ1) is 17.2. The van der Waals surface area contributed by atoms with Gasteiger partial charge in [-0.2, -0.15) is 13.2 Å². The molecule has 0 radical (unpaired) electrons. The Labute approximate surface area is 220 Å². The molecule has 12 heteroatoms. The Kier molecular flexibility index (Phi) is 10.8. The fourth-order valence-corrected chi connectivity index (χ4v) is 4.69. The molecular weight excluding hydrogens is 531 g/mol. The molecule has 0 aliphatic rings. The van der Waals surface area contributed by atoms with E-state index >= 15 is 0 Å². The summed E-state index contributed by atoms with van der Waals surface area (Å²) in [6.07, 6.45) is -3.11. The summed E-state index contributed by atoms with van der Waals surface area (Å²) in [6, 6.07) is 10.0. The van der Waals surface area contributed by atoms with Gasteiger partial charge in [-0.05, 0) is 55.7 Å². The van der Waals surface area contributed by atoms with E-state index in [0.29, 0.717) is 11.6 Å². The van der Waals surface area contributed by atoms with Gasteiger partial charge in [0.2, 0.25) is 21.8 Å². The number of benzene rings is 2. The van der Waals surface area contributed by atoms with Crippen LogP contribution in [0.3, 0.4) is 0 Å². The third kappa shape index (κ3) is 9.23. The van der Waals surface area contributed by atoms with Crippen molar-refractivity contribution in [2.45, 2.75) is 51.9 Å². The number of alkyl halides is 3. The molecule has 7 nitrogen and oxygen atoms in total. The monoisotopic (exact) mass is 561 g/mol. The van der Waals surface area contributed by atoms with Gasteiger partial charge in [0.1, 0.15) is 6.04 Å². The van der Waals surface area contributed by atoms with Crippen LogP contribution in [0.2, 0.25) is 5.02 Å². The van der Waals surface area contributed by atoms with Crippen molar-refractivity contribution in [1.82, 2.24) is 10.2 Å². The summed E-state index contributed by atoms with van der Waals surface area (Å²) in [5.41, 5.74) is -0.375. The quantitative estimate of drug-likeness (QED) is 0.401. The number of nitrogens with one attached hydrogen (secondary N) is 1. The van der Waals surface area contributed by atoms with Gasteiger partial charge in [-0.25, -0.2) is 8.42 Å². The summed E-state index contributed by atoms with van der Waals surface area (Å²) in [4.78, 5) is 27.2. The lowest BCUT2D eigenvalue weighted by Gasteiger charge is -2.29. The van der Waals surface area contributed by atoms with Gasteiger partial charge in [0.15, 0.2) is 0 Å². The lowest BCUT2D eigenvalue weighted by atomic mass is 10.1. The van der Waals surface area contributed by atoms with E-state index in [2.05, 4.69) is 5.32 Å². The summed E-state index contributed by atoms with van der Waals surface area (Å²) in [5, 5.41) is 3.28. The van der Waals surface area contributed by atoms with E-state index in [1.165, 1.54) is 11.0 Å². The number of amides is 2. The summed E-state index contributed by atoms with van der Waals surface area (Å²) in [6.45, 7) is 3.87. The average molecular weight is 562 g/mol. The van der Waals surface area contributed by atoms with Crippen LogP contribution in [0, 0.1) is 0 Å². The van der Waals surface area contributed by atoms with Crippen LogP contribution in [0.25, 0.3) is 0 Å². The Hall–Kier alpha value is -2.79. The summed E-state index contributed by atoms with van der Waals surface area (Å²) < 4.78 is 65.0. The zero-order valence-corrected chi connectivity index (χ0v) is 22.5. The van der Waals surface area contributed by atoms with Crippen molar-refractivity contribution in [1.29, 1.82) is 0 Å². The first kappa shape index (κ1) is 30.4. The van der Waals surface area contributed by atoms with Crippen LogP contribution in [0.15, 0.2) is 48.5 Å². The predicted octanol–water partition coefficient (Wildman–Crippen LogP) is 4.85. The molecule has 2 rings (SSSR count). The lowest BCUT2D eigenvalue weighted by Crippen LogP contribution is -2.47. The molecule has 1 atom stereocenters. The molecule has 0 aliphatic heterocycles. The Bertz CT molecular complexity index is 1170. The average Bonchev–Trinajstić information content (AvgIpc) is 2.83. The standard InChI is InChI=1S/C25H31ClF3N3O4S/c1-4-14-30-24(34)18(2)31(17-19-10-12-21(26)13-11-19)23(33)9-6-15-32(37(3,35)36)22-8-5-7-20(16-22)25(27,28)29/h5,7-8,10-13,16,18H,4,6,9,14-15,17H2,1-3H3,(H,30,34)/t18-/m0/s1. The van der Waals surface area contributed by atoms with Crippen molar-refractivity contribution in [3.05, 3.63) is 64.7 Å². The SMILES string of the molecule is CCCNC(=O)[C@H](C)N(Cc1ccc(Cl)cc1)C(=O)CCCN(c1cccc(C(F)(F)F)c1)S(C)(=O)=O. The Morgan fingerprint density at radius 3 is 2.32 bits per heavy atom. The molecule has 0 fully saturated rings. The number of nitrogens with zero attached hydrogens (tertiary/aromatic N) is 2. The minimum absolute atomic E-state index is 0.0303. The van der Waals surface area contributed by atoms with Gasteiger partial charge in [-0.3, -0.25) is 13.9 Å². The van der Waals surface area contributed by atoms with E-state index in [-0.39, 0.29) is 37.5 Å². The van der Waals surface area contributed by atoms with E-state index in [4.69, 9.17) is 11.6 Å². The second-order valence-corrected chi connectivity index (χ2v) is 10.9. The van der Waals surface area contributed by atoms with Crippen LogP contribution < -0.4 is 9.62 Å². The Morgan fingerprint density at radius 1 is 1.11 bits per heavy atom. The Balaban J connectivity index is 2.19. The molecule has 204 valence electrons. The van der Waals surface area contributed by atoms with E-state index in [0.717, 1.165) is 40.7 Å². The van der Waals surface area contributed by atoms with Crippen LogP contribution in [0.4, 0.5) is 18.9 Å². The molecule has 37 heavy (non-hydrogen) atoms. The van der Waals surface area contributed by atoms with Gasteiger partial charge in [0.05, 0.1) is 17.5 Å². The third-order valence-corrected chi connectivity index (χ3v) is 7.04. The predicted molar refractivity (Wildman–Crippen MR) is 138 cm³/mol. The maximum absolute atomic E-state index is 13.2. The number of hydrogen-bond acceptors (Lipinski definition) is 4. The van der Waals surface area contributed by atoms with Gasteiger partial charge in [0.25, 0.3) is 0 Å². The molecule has 0 spiro atoms. The molecule has 0 heterocycles. The van der Waals surface area contributed by atoms with Crippen molar-refractivity contribution in [2.75, 3.05) is 23.7 Å². The van der Waals surface area contributed by atoms with Crippen molar-refractivity contribution in [3.8, 4) is 0 Å². The molecule has 2 aromatic carbocycles. The number of rotatable bonds is 12. The number of halogens is 4. The van der Waals surface area contributed by atoms with Crippen molar-refractivity contribution in [2.24, 2.45) is 0 Å². The molecule has 0 saturated heterocycles. The molecule has 1 N–H and O–H groups in total. The van der Waals surface area contributed by atoms with E-state index in [9.17, 15) is 31.2 Å². The van der Waals surface area contributed by atoms with E-state index in [1.54, 1.807) is 31.2 Å². The zero-order chi connectivity index (χ0) is 27.8. The minimum Gasteiger partial charge on any atom is -0.354 e. The highest BCUT2D eigenvalue weighted by Gasteiger charge is 2.32. The summed E-state index contributed by atoms with van der Waals surface area (Å²) >= 11 is 5.94. The first-order valence-electron chi connectivity index (χ1n) is 11.7. The molecule has 0 saturated carbocycles. The molecular formula is C25H31ClF3N3O4S. The number of carbonyl (C=O) groups excluding carboxylic acids is 2. The molecule has 0 bridgehead atoms. The van der Waals surface area contributed by atoms with Crippen molar-refractivity contribution >= 4 is 39.1 Å². The van der Waals surface area contributed by atoms with Crippen LogP contribution in [-0.2, 0) is 32.3 Å². The fourth-order valence-electron chi connectivity index (χ4n) is 3.61. The van der Waals surface area contributed by atoms with Gasteiger partial charge >= 0.3 is 6.18 Å². The van der Waals surface area contributed by atoms with Crippen molar-refractivity contribution < 1.29 is 31.2 Å². The highest BCUT2D eigenvalue weighted by Crippen LogP contribution is 2.32.